The maximum Gasteiger partial charge on any atom is 0.328 e. The second-order valence-electron chi connectivity index (χ2n) is 3.40. The highest BCUT2D eigenvalue weighted by molar-refractivity contribution is 5.85. The van der Waals surface area contributed by atoms with Crippen molar-refractivity contribution in [1.29, 1.82) is 0 Å². The van der Waals surface area contributed by atoms with E-state index in [1.807, 2.05) is 11.9 Å². The summed E-state index contributed by atoms with van der Waals surface area (Å²) in [5.41, 5.74) is 0.649. The highest BCUT2D eigenvalue weighted by atomic mass is 16.5. The monoisotopic (exact) mass is 237 g/mol. The fraction of sp³-hybridized carbons (Fsp3) is 0.364. The zero-order valence-electron chi connectivity index (χ0n) is 9.83. The van der Waals surface area contributed by atoms with Crippen molar-refractivity contribution in [2.24, 2.45) is 0 Å². The molecule has 1 aromatic heterocycles. The molecule has 0 aliphatic rings. The fourth-order valence-corrected chi connectivity index (χ4v) is 1.11. The molecule has 1 aromatic rings. The number of hydrogen-bond donors (Lipinski definition) is 1. The third-order valence-electron chi connectivity index (χ3n) is 2.05. The van der Waals surface area contributed by atoms with Gasteiger partial charge in [0, 0.05) is 44.7 Å². The maximum atomic E-state index is 10.3. The molecule has 0 bridgehead atoms. The van der Waals surface area contributed by atoms with Gasteiger partial charge in [0.1, 0.15) is 0 Å². The Morgan fingerprint density at radius 1 is 1.53 bits per heavy atom. The molecule has 0 unspecified atom stereocenters. The van der Waals surface area contributed by atoms with Crippen molar-refractivity contribution in [2.75, 3.05) is 32.2 Å². The molecule has 17 heavy (non-hydrogen) atoms. The van der Waals surface area contributed by atoms with E-state index in [2.05, 4.69) is 9.97 Å². The first kappa shape index (κ1) is 13.1. The SMILES string of the molecule is COCCN(C)c1ncc(/C=C/C(=O)O)cn1. The van der Waals surface area contributed by atoms with Gasteiger partial charge in [0.25, 0.3) is 0 Å². The first-order valence-electron chi connectivity index (χ1n) is 5.06. The Kier molecular flexibility index (Phi) is 5.09. The molecule has 1 heterocycles. The quantitative estimate of drug-likeness (QED) is 0.732. The molecule has 0 amide bonds. The lowest BCUT2D eigenvalue weighted by molar-refractivity contribution is -0.131. The van der Waals surface area contributed by atoms with Gasteiger partial charge >= 0.3 is 5.97 Å². The van der Waals surface area contributed by atoms with Crippen molar-refractivity contribution in [3.05, 3.63) is 24.0 Å². The standard InChI is InChI=1S/C11H15N3O3/c1-14(5-6-17-2)11-12-7-9(8-13-11)3-4-10(15)16/h3-4,7-8H,5-6H2,1-2H3,(H,15,16)/b4-3+. The number of nitrogens with zero attached hydrogens (tertiary/aromatic N) is 3. The lowest BCUT2D eigenvalue weighted by Gasteiger charge is -2.15. The van der Waals surface area contributed by atoms with Crippen LogP contribution in [0.15, 0.2) is 18.5 Å². The number of carbonyl (C=O) groups is 1. The molecule has 1 rings (SSSR count). The van der Waals surface area contributed by atoms with E-state index in [-0.39, 0.29) is 0 Å². The van der Waals surface area contributed by atoms with Crippen LogP contribution in [-0.2, 0) is 9.53 Å². The number of ether oxygens (including phenoxy) is 1. The van der Waals surface area contributed by atoms with Crippen LogP contribution in [0.4, 0.5) is 5.95 Å². The van der Waals surface area contributed by atoms with Crippen LogP contribution < -0.4 is 4.90 Å². The fourth-order valence-electron chi connectivity index (χ4n) is 1.11. The number of likely N-dealkylation sites (N-methyl/N-ethyl adjacent to an activating group) is 1. The average Bonchev–Trinajstić information content (AvgIpc) is 2.34. The van der Waals surface area contributed by atoms with E-state index in [1.54, 1.807) is 19.5 Å². The minimum atomic E-state index is -0.994. The molecule has 0 saturated heterocycles. The second-order valence-corrected chi connectivity index (χ2v) is 3.40. The maximum absolute atomic E-state index is 10.3. The van der Waals surface area contributed by atoms with E-state index in [4.69, 9.17) is 9.84 Å². The van der Waals surface area contributed by atoms with Crippen LogP contribution in [0, 0.1) is 0 Å². The molecule has 0 atom stereocenters. The van der Waals surface area contributed by atoms with Crippen molar-refractivity contribution in [3.8, 4) is 0 Å². The molecular formula is C11H15N3O3. The van der Waals surface area contributed by atoms with Crippen LogP contribution in [0.2, 0.25) is 0 Å². The van der Waals surface area contributed by atoms with E-state index in [0.717, 1.165) is 6.08 Å². The summed E-state index contributed by atoms with van der Waals surface area (Å²) in [4.78, 5) is 20.4. The van der Waals surface area contributed by atoms with Gasteiger partial charge in [-0.15, -0.1) is 0 Å². The predicted octanol–water partition coefficient (Wildman–Crippen LogP) is 0.657. The van der Waals surface area contributed by atoms with Crippen molar-refractivity contribution < 1.29 is 14.6 Å². The Balaban J connectivity index is 2.64. The van der Waals surface area contributed by atoms with Crippen LogP contribution >= 0.6 is 0 Å². The van der Waals surface area contributed by atoms with Gasteiger partial charge in [-0.3, -0.25) is 0 Å². The minimum absolute atomic E-state index is 0.578. The highest BCUT2D eigenvalue weighted by Gasteiger charge is 2.02. The van der Waals surface area contributed by atoms with Gasteiger partial charge in [0.2, 0.25) is 5.95 Å². The Morgan fingerprint density at radius 2 is 2.18 bits per heavy atom. The van der Waals surface area contributed by atoms with E-state index >= 15 is 0 Å². The summed E-state index contributed by atoms with van der Waals surface area (Å²) in [5, 5.41) is 8.46. The zero-order valence-corrected chi connectivity index (χ0v) is 9.83. The number of rotatable bonds is 6. The molecule has 0 aliphatic carbocycles. The van der Waals surface area contributed by atoms with Gasteiger partial charge in [-0.2, -0.15) is 0 Å². The first-order chi connectivity index (χ1) is 8.13. The van der Waals surface area contributed by atoms with Crippen molar-refractivity contribution in [3.63, 3.8) is 0 Å². The molecule has 1 N–H and O–H groups in total. The number of hydrogen-bond acceptors (Lipinski definition) is 5. The smallest absolute Gasteiger partial charge is 0.328 e. The molecule has 0 radical (unpaired) electrons. The van der Waals surface area contributed by atoms with Crippen LogP contribution in [0.3, 0.4) is 0 Å². The summed E-state index contributed by atoms with van der Waals surface area (Å²) >= 11 is 0. The summed E-state index contributed by atoms with van der Waals surface area (Å²) in [6.45, 7) is 1.29. The van der Waals surface area contributed by atoms with Crippen LogP contribution in [-0.4, -0.2) is 48.4 Å². The topological polar surface area (TPSA) is 75.5 Å². The summed E-state index contributed by atoms with van der Waals surface area (Å²) in [6.07, 6.45) is 5.64. The average molecular weight is 237 g/mol. The molecule has 0 aromatic carbocycles. The lowest BCUT2D eigenvalue weighted by atomic mass is 10.3. The van der Waals surface area contributed by atoms with Gasteiger partial charge in [0.05, 0.1) is 6.61 Å². The highest BCUT2D eigenvalue weighted by Crippen LogP contribution is 2.05. The Hall–Kier alpha value is -1.95. The summed E-state index contributed by atoms with van der Waals surface area (Å²) in [7, 11) is 3.50. The Bertz CT molecular complexity index is 389. The third kappa shape index (κ3) is 4.60. The first-order valence-corrected chi connectivity index (χ1v) is 5.06. The largest absolute Gasteiger partial charge is 0.478 e. The van der Waals surface area contributed by atoms with E-state index < -0.39 is 5.97 Å². The second kappa shape index (κ2) is 6.59. The molecule has 0 aliphatic heterocycles. The molecule has 6 nitrogen and oxygen atoms in total. The summed E-state index contributed by atoms with van der Waals surface area (Å²) < 4.78 is 4.95. The van der Waals surface area contributed by atoms with Crippen LogP contribution in [0.1, 0.15) is 5.56 Å². The minimum Gasteiger partial charge on any atom is -0.478 e. The number of methoxy groups -OCH3 is 1. The molecular weight excluding hydrogens is 222 g/mol. The van der Waals surface area contributed by atoms with Crippen LogP contribution in [0.5, 0.6) is 0 Å². The number of carboxylic acids is 1. The molecule has 92 valence electrons. The molecule has 6 heteroatoms. The Morgan fingerprint density at radius 3 is 2.71 bits per heavy atom. The number of anilines is 1. The van der Waals surface area contributed by atoms with E-state index in [1.165, 1.54) is 6.08 Å². The van der Waals surface area contributed by atoms with Gasteiger partial charge < -0.3 is 14.7 Å². The summed E-state index contributed by atoms with van der Waals surface area (Å²) in [6, 6.07) is 0. The Labute approximate surface area is 99.6 Å². The van der Waals surface area contributed by atoms with Crippen molar-refractivity contribution in [1.82, 2.24) is 9.97 Å². The van der Waals surface area contributed by atoms with Gasteiger partial charge in [-0.1, -0.05) is 0 Å². The zero-order chi connectivity index (χ0) is 12.7. The molecule has 0 fully saturated rings. The summed E-state index contributed by atoms with van der Waals surface area (Å²) in [5.74, 6) is -0.416. The van der Waals surface area contributed by atoms with Gasteiger partial charge in [-0.05, 0) is 6.08 Å². The number of carboxylic acid groups (broad SMARTS) is 1. The predicted molar refractivity (Wildman–Crippen MR) is 63.8 cm³/mol. The van der Waals surface area contributed by atoms with Crippen LogP contribution in [0.25, 0.3) is 6.08 Å². The third-order valence-corrected chi connectivity index (χ3v) is 2.05. The van der Waals surface area contributed by atoms with Crippen molar-refractivity contribution in [2.45, 2.75) is 0 Å². The van der Waals surface area contributed by atoms with E-state index in [9.17, 15) is 4.79 Å². The lowest BCUT2D eigenvalue weighted by Crippen LogP contribution is -2.23. The van der Waals surface area contributed by atoms with Gasteiger partial charge in [0.15, 0.2) is 0 Å². The normalized spacial score (nSPS) is 10.7. The molecule has 0 saturated carbocycles. The van der Waals surface area contributed by atoms with E-state index in [0.29, 0.717) is 24.7 Å². The van der Waals surface area contributed by atoms with Crippen molar-refractivity contribution >= 4 is 18.0 Å². The number of aromatic nitrogens is 2. The molecule has 0 spiro atoms. The number of aliphatic carboxylic acids is 1. The van der Waals surface area contributed by atoms with Gasteiger partial charge in [-0.25, -0.2) is 14.8 Å².